The third kappa shape index (κ3) is 15.6. The maximum absolute atomic E-state index is 12.6. The zero-order valence-electron chi connectivity index (χ0n) is 42.3. The van der Waals surface area contributed by atoms with Crippen molar-refractivity contribution in [3.05, 3.63) is 251 Å². The van der Waals surface area contributed by atoms with Crippen LogP contribution in [0.25, 0.3) is 0 Å². The molecule has 390 valence electrons. The van der Waals surface area contributed by atoms with Gasteiger partial charge in [-0.15, -0.1) is 0 Å². The molecule has 0 N–H and O–H groups in total. The number of rotatable bonds is 27. The monoisotopic (exact) mass is 1010 g/mol. The molecule has 0 saturated carbocycles. The molecule has 2 aliphatic heterocycles. The summed E-state index contributed by atoms with van der Waals surface area (Å²) in [4.78, 5) is 12.6. The fraction of sp³-hybridized carbons (Fsp3) is 0.317. The van der Waals surface area contributed by atoms with Gasteiger partial charge in [0.15, 0.2) is 6.29 Å². The van der Waals surface area contributed by atoms with E-state index in [1.54, 1.807) is 0 Å². The summed E-state index contributed by atoms with van der Waals surface area (Å²) in [6.45, 7) is 2.62. The molecule has 9 rings (SSSR count). The van der Waals surface area contributed by atoms with Crippen LogP contribution in [-0.4, -0.2) is 80.6 Å². The highest BCUT2D eigenvalue weighted by Crippen LogP contribution is 2.42. The van der Waals surface area contributed by atoms with Crippen LogP contribution in [0.4, 0.5) is 0 Å². The van der Waals surface area contributed by atoms with Crippen LogP contribution in [0.2, 0.25) is 0 Å². The minimum absolute atomic E-state index is 0.0923. The summed E-state index contributed by atoms with van der Waals surface area (Å²) in [6.07, 6.45) is -7.35. The Balaban J connectivity index is 1.14. The number of esters is 1. The van der Waals surface area contributed by atoms with Gasteiger partial charge in [-0.3, -0.25) is 4.79 Å². The van der Waals surface area contributed by atoms with Crippen LogP contribution >= 0.6 is 0 Å². The molecule has 0 bridgehead atoms. The maximum Gasteiger partial charge on any atom is 0.302 e. The van der Waals surface area contributed by atoms with E-state index in [0.717, 1.165) is 38.9 Å². The second-order valence-corrected chi connectivity index (χ2v) is 18.7. The number of carbonyl (C=O) groups excluding carboxylic acids is 1. The van der Waals surface area contributed by atoms with Gasteiger partial charge in [0, 0.05) is 6.92 Å². The summed E-state index contributed by atoms with van der Waals surface area (Å²) < 4.78 is 76.1. The van der Waals surface area contributed by atoms with Gasteiger partial charge in [0.25, 0.3) is 0 Å². The van der Waals surface area contributed by atoms with Gasteiger partial charge >= 0.3 is 5.97 Å². The zero-order chi connectivity index (χ0) is 51.3. The molecule has 0 unspecified atom stereocenters. The topological polar surface area (TPSA) is 119 Å². The predicted octanol–water partition coefficient (Wildman–Crippen LogP) is 10.7. The summed E-state index contributed by atoms with van der Waals surface area (Å²) in [6, 6.07) is 69.4. The summed E-state index contributed by atoms with van der Waals surface area (Å²) in [7, 11) is 0. The Labute approximate surface area is 440 Å². The fourth-order valence-corrected chi connectivity index (χ4v) is 9.28. The quantitative estimate of drug-likeness (QED) is 0.0456. The Bertz CT molecular complexity index is 2690. The van der Waals surface area contributed by atoms with Crippen LogP contribution in [0.5, 0.6) is 0 Å². The van der Waals surface area contributed by atoms with E-state index in [0.29, 0.717) is 6.61 Å². The van der Waals surface area contributed by atoms with Gasteiger partial charge in [0.05, 0.1) is 52.9 Å². The number of hydrogen-bond donors (Lipinski definition) is 0. The van der Waals surface area contributed by atoms with Crippen molar-refractivity contribution in [1.82, 2.24) is 0 Å². The molecule has 0 aliphatic carbocycles. The lowest BCUT2D eigenvalue weighted by Crippen LogP contribution is -2.64. The summed E-state index contributed by atoms with van der Waals surface area (Å²) in [5.41, 5.74) is 6.60. The molecule has 75 heavy (non-hydrogen) atoms. The zero-order valence-corrected chi connectivity index (χ0v) is 42.3. The first-order chi connectivity index (χ1) is 37.0. The van der Waals surface area contributed by atoms with Crippen molar-refractivity contribution in [3.63, 3.8) is 0 Å². The molecular formula is C63H66O12. The first kappa shape index (κ1) is 53.4. The van der Waals surface area contributed by atoms with Crippen molar-refractivity contribution in [3.8, 4) is 0 Å². The normalized spacial score (nSPS) is 23.4. The van der Waals surface area contributed by atoms with Gasteiger partial charge in [0.2, 0.25) is 5.79 Å². The molecule has 9 atom stereocenters. The van der Waals surface area contributed by atoms with Crippen molar-refractivity contribution < 1.29 is 56.9 Å². The number of benzene rings is 7. The van der Waals surface area contributed by atoms with Gasteiger partial charge in [-0.25, -0.2) is 0 Å². The molecule has 7 aromatic carbocycles. The van der Waals surface area contributed by atoms with E-state index in [-0.39, 0.29) is 59.5 Å². The van der Waals surface area contributed by atoms with Gasteiger partial charge in [0.1, 0.15) is 55.9 Å². The van der Waals surface area contributed by atoms with Crippen LogP contribution in [0.3, 0.4) is 0 Å². The molecule has 2 heterocycles. The molecule has 12 nitrogen and oxygen atoms in total. The first-order valence-corrected chi connectivity index (χ1v) is 25.6. The lowest BCUT2D eigenvalue weighted by atomic mass is 9.97. The summed E-state index contributed by atoms with van der Waals surface area (Å²) >= 11 is 0. The molecule has 2 fully saturated rings. The number of carbonyl (C=O) groups is 1. The Kier molecular flexibility index (Phi) is 19.9. The lowest BCUT2D eigenvalue weighted by Gasteiger charge is -2.48. The van der Waals surface area contributed by atoms with Crippen LogP contribution in [0.15, 0.2) is 212 Å². The van der Waals surface area contributed by atoms with Crippen LogP contribution < -0.4 is 0 Å². The Morgan fingerprint density at radius 1 is 0.400 bits per heavy atom. The second kappa shape index (κ2) is 27.9. The minimum atomic E-state index is -1.80. The third-order valence-corrected chi connectivity index (χ3v) is 13.0. The Hall–Kier alpha value is -6.39. The van der Waals surface area contributed by atoms with Crippen LogP contribution in [0.1, 0.15) is 45.9 Å². The average molecular weight is 1020 g/mol. The SMILES string of the molecule is CC(=O)OC[C@H]1O[C@@](COCc2ccccc2)(O[C@H]2O[C@H](COCc3ccccc3)[C@@H](OCc3ccccc3)[C@H](OCc3ccccc3)[C@H]2OCc2ccccc2)[C@@H](OCc2ccccc2)[C@@H]1OCc1ccccc1. The summed E-state index contributed by atoms with van der Waals surface area (Å²) in [5, 5.41) is 0. The minimum Gasteiger partial charge on any atom is -0.463 e. The van der Waals surface area contributed by atoms with E-state index in [1.165, 1.54) is 6.92 Å². The Morgan fingerprint density at radius 2 is 0.760 bits per heavy atom. The maximum atomic E-state index is 12.6. The van der Waals surface area contributed by atoms with E-state index < -0.39 is 60.8 Å². The van der Waals surface area contributed by atoms with Crippen LogP contribution in [0, 0.1) is 0 Å². The van der Waals surface area contributed by atoms with Crippen molar-refractivity contribution in [2.24, 2.45) is 0 Å². The fourth-order valence-electron chi connectivity index (χ4n) is 9.28. The predicted molar refractivity (Wildman–Crippen MR) is 281 cm³/mol. The molecule has 12 heteroatoms. The van der Waals surface area contributed by atoms with Gasteiger partial charge in [-0.05, 0) is 38.9 Å². The highest BCUT2D eigenvalue weighted by molar-refractivity contribution is 5.65. The molecule has 0 aromatic heterocycles. The largest absolute Gasteiger partial charge is 0.463 e. The van der Waals surface area contributed by atoms with E-state index in [1.807, 2.05) is 212 Å². The number of ether oxygens (including phenoxy) is 11. The van der Waals surface area contributed by atoms with Gasteiger partial charge < -0.3 is 52.1 Å². The summed E-state index contributed by atoms with van der Waals surface area (Å²) in [5.74, 6) is -2.28. The molecule has 2 aliphatic rings. The molecular weight excluding hydrogens is 949 g/mol. The molecule has 2 saturated heterocycles. The van der Waals surface area contributed by atoms with E-state index >= 15 is 0 Å². The van der Waals surface area contributed by atoms with Gasteiger partial charge in [-0.1, -0.05) is 212 Å². The second-order valence-electron chi connectivity index (χ2n) is 18.7. The van der Waals surface area contributed by atoms with E-state index in [4.69, 9.17) is 52.1 Å². The highest BCUT2D eigenvalue weighted by Gasteiger charge is 2.62. The van der Waals surface area contributed by atoms with Gasteiger partial charge in [-0.2, -0.15) is 0 Å². The average Bonchev–Trinajstić information content (AvgIpc) is 3.75. The lowest BCUT2D eigenvalue weighted by molar-refractivity contribution is -0.398. The smallest absolute Gasteiger partial charge is 0.302 e. The van der Waals surface area contributed by atoms with E-state index in [2.05, 4.69) is 0 Å². The van der Waals surface area contributed by atoms with E-state index in [9.17, 15) is 4.79 Å². The molecule has 0 spiro atoms. The van der Waals surface area contributed by atoms with Crippen molar-refractivity contribution >= 4 is 5.97 Å². The molecule has 0 amide bonds. The van der Waals surface area contributed by atoms with Crippen molar-refractivity contribution in [2.45, 2.75) is 108 Å². The van der Waals surface area contributed by atoms with Crippen molar-refractivity contribution in [2.75, 3.05) is 19.8 Å². The van der Waals surface area contributed by atoms with Crippen LogP contribution in [-0.2, 0) is 103 Å². The number of hydrogen-bond acceptors (Lipinski definition) is 12. The van der Waals surface area contributed by atoms with Crippen molar-refractivity contribution in [1.29, 1.82) is 0 Å². The standard InChI is InChI=1S/C63H66O12/c1-47(64)67-45-56-58(69-40-51-29-15-5-16-30-51)61(72-43-54-35-21-8-22-36-54)63(74-56,46-66-38-49-25-11-3-12-26-49)75-62-60(71-42-53-33-19-7-20-34-53)59(70-41-52-31-17-6-18-32-52)57(68-39-50-27-13-4-14-28-50)55(73-62)44-65-37-48-23-9-2-10-24-48/h2-36,55-62H,37-46H2,1H3/t55-,56-,57-,58-,59+,60-,61+,62-,63+/m1/s1. The highest BCUT2D eigenvalue weighted by atomic mass is 16.8. The Morgan fingerprint density at radius 3 is 1.19 bits per heavy atom. The molecule has 0 radical (unpaired) electrons. The molecule has 7 aromatic rings. The third-order valence-electron chi connectivity index (χ3n) is 13.0. The first-order valence-electron chi connectivity index (χ1n) is 25.6.